The van der Waals surface area contributed by atoms with Crippen LogP contribution in [0.1, 0.15) is 31.9 Å². The van der Waals surface area contributed by atoms with Crippen LogP contribution in [-0.4, -0.2) is 5.11 Å². The van der Waals surface area contributed by atoms with Crippen LogP contribution in [0.15, 0.2) is 46.9 Å². The summed E-state index contributed by atoms with van der Waals surface area (Å²) in [5, 5.41) is 9.73. The van der Waals surface area contributed by atoms with Gasteiger partial charge < -0.3 is 9.84 Å². The molecule has 1 N–H and O–H groups in total. The fourth-order valence-electron chi connectivity index (χ4n) is 3.01. The Balaban J connectivity index is 2.13. The van der Waals surface area contributed by atoms with Crippen molar-refractivity contribution in [2.45, 2.75) is 32.8 Å². The standard InChI is InChI=1S/C18H19BrO2/c1-17(2)11-12-6-4-5-7-16(12)21-18(17,3)13-8-9-15(20)14(19)10-13/h4-10,20H,11H2,1-3H3. The first kappa shape index (κ1) is 14.5. The van der Waals surface area contributed by atoms with Gasteiger partial charge in [-0.25, -0.2) is 0 Å². The van der Waals surface area contributed by atoms with E-state index in [1.807, 2.05) is 24.3 Å². The first-order chi connectivity index (χ1) is 9.83. The summed E-state index contributed by atoms with van der Waals surface area (Å²) in [6.07, 6.45) is 0.957. The summed E-state index contributed by atoms with van der Waals surface area (Å²) in [5.41, 5.74) is 1.81. The second kappa shape index (κ2) is 4.77. The van der Waals surface area contributed by atoms with Crippen LogP contribution < -0.4 is 4.74 Å². The summed E-state index contributed by atoms with van der Waals surface area (Å²) in [4.78, 5) is 0. The van der Waals surface area contributed by atoms with E-state index < -0.39 is 5.60 Å². The highest BCUT2D eigenvalue weighted by Crippen LogP contribution is 2.51. The second-order valence-corrected chi connectivity index (χ2v) is 7.32. The zero-order chi connectivity index (χ0) is 15.3. The SMILES string of the molecule is CC1(C)Cc2ccccc2OC1(C)c1ccc(O)c(Br)c1. The summed E-state index contributed by atoms with van der Waals surface area (Å²) in [7, 11) is 0. The molecule has 21 heavy (non-hydrogen) atoms. The molecule has 0 fully saturated rings. The number of aromatic hydroxyl groups is 1. The largest absolute Gasteiger partial charge is 0.507 e. The van der Waals surface area contributed by atoms with Crippen LogP contribution in [0.5, 0.6) is 11.5 Å². The van der Waals surface area contributed by atoms with E-state index >= 15 is 0 Å². The lowest BCUT2D eigenvalue weighted by Gasteiger charge is -2.48. The second-order valence-electron chi connectivity index (χ2n) is 6.47. The molecule has 1 aliphatic rings. The number of hydrogen-bond acceptors (Lipinski definition) is 2. The number of phenols is 1. The number of fused-ring (bicyclic) bond motifs is 1. The van der Waals surface area contributed by atoms with Crippen molar-refractivity contribution in [1.82, 2.24) is 0 Å². The number of para-hydroxylation sites is 1. The van der Waals surface area contributed by atoms with Crippen LogP contribution in [0.4, 0.5) is 0 Å². The van der Waals surface area contributed by atoms with Crippen LogP contribution >= 0.6 is 15.9 Å². The molecule has 0 bridgehead atoms. The van der Waals surface area contributed by atoms with Crippen molar-refractivity contribution in [2.24, 2.45) is 5.41 Å². The molecule has 0 amide bonds. The van der Waals surface area contributed by atoms with Gasteiger partial charge in [0.1, 0.15) is 17.1 Å². The van der Waals surface area contributed by atoms with Gasteiger partial charge in [0.2, 0.25) is 0 Å². The fourth-order valence-corrected chi connectivity index (χ4v) is 3.38. The van der Waals surface area contributed by atoms with Crippen molar-refractivity contribution in [3.05, 3.63) is 58.1 Å². The minimum atomic E-state index is -0.447. The van der Waals surface area contributed by atoms with E-state index in [1.54, 1.807) is 6.07 Å². The van der Waals surface area contributed by atoms with Gasteiger partial charge in [-0.3, -0.25) is 0 Å². The number of rotatable bonds is 1. The Kier molecular flexibility index (Phi) is 3.28. The lowest BCUT2D eigenvalue weighted by molar-refractivity contribution is -0.0486. The molecule has 0 radical (unpaired) electrons. The van der Waals surface area contributed by atoms with Gasteiger partial charge in [0.15, 0.2) is 0 Å². The fraction of sp³-hybridized carbons (Fsp3) is 0.333. The van der Waals surface area contributed by atoms with Gasteiger partial charge in [0.05, 0.1) is 4.47 Å². The summed E-state index contributed by atoms with van der Waals surface area (Å²) in [6.45, 7) is 6.58. The number of halogens is 1. The quantitative estimate of drug-likeness (QED) is 0.784. The van der Waals surface area contributed by atoms with E-state index in [2.05, 4.69) is 48.8 Å². The lowest BCUT2D eigenvalue weighted by atomic mass is 9.67. The van der Waals surface area contributed by atoms with Gasteiger partial charge >= 0.3 is 0 Å². The molecule has 1 unspecified atom stereocenters. The molecule has 1 atom stereocenters. The molecule has 1 aliphatic heterocycles. The Morgan fingerprint density at radius 1 is 1.10 bits per heavy atom. The Morgan fingerprint density at radius 3 is 2.52 bits per heavy atom. The molecule has 0 spiro atoms. The topological polar surface area (TPSA) is 29.5 Å². The molecule has 0 saturated heterocycles. The van der Waals surface area contributed by atoms with Crippen molar-refractivity contribution in [1.29, 1.82) is 0 Å². The highest BCUT2D eigenvalue weighted by molar-refractivity contribution is 9.10. The maximum Gasteiger partial charge on any atom is 0.137 e. The van der Waals surface area contributed by atoms with Crippen molar-refractivity contribution >= 4 is 15.9 Å². The summed E-state index contributed by atoms with van der Waals surface area (Å²) in [5.74, 6) is 1.19. The molecular formula is C18H19BrO2. The molecule has 2 nitrogen and oxygen atoms in total. The molecule has 110 valence electrons. The van der Waals surface area contributed by atoms with E-state index in [9.17, 15) is 5.11 Å². The summed E-state index contributed by atoms with van der Waals surface area (Å²) < 4.78 is 7.11. The van der Waals surface area contributed by atoms with Crippen LogP contribution in [-0.2, 0) is 12.0 Å². The normalized spacial score (nSPS) is 23.2. The van der Waals surface area contributed by atoms with E-state index in [0.29, 0.717) is 4.47 Å². The Hall–Kier alpha value is -1.48. The van der Waals surface area contributed by atoms with E-state index in [4.69, 9.17) is 4.74 Å². The van der Waals surface area contributed by atoms with Crippen LogP contribution in [0, 0.1) is 5.41 Å². The number of phenolic OH excluding ortho intramolecular Hbond substituents is 1. The summed E-state index contributed by atoms with van der Waals surface area (Å²) >= 11 is 3.40. The predicted molar refractivity (Wildman–Crippen MR) is 87.7 cm³/mol. The minimum absolute atomic E-state index is 0.0578. The van der Waals surface area contributed by atoms with Gasteiger partial charge in [-0.1, -0.05) is 38.1 Å². The van der Waals surface area contributed by atoms with Crippen LogP contribution in [0.25, 0.3) is 0 Å². The molecule has 2 aromatic rings. The first-order valence-corrected chi connectivity index (χ1v) is 7.89. The third-order valence-electron chi connectivity index (χ3n) is 4.71. The average Bonchev–Trinajstić information content (AvgIpc) is 2.42. The van der Waals surface area contributed by atoms with Crippen LogP contribution in [0.3, 0.4) is 0 Å². The Bertz CT molecular complexity index is 693. The van der Waals surface area contributed by atoms with Crippen molar-refractivity contribution in [3.63, 3.8) is 0 Å². The Labute approximate surface area is 133 Å². The maximum absolute atomic E-state index is 9.73. The number of ether oxygens (including phenoxy) is 1. The predicted octanol–water partition coefficient (Wildman–Crippen LogP) is 5.03. The molecule has 0 aliphatic carbocycles. The monoisotopic (exact) mass is 346 g/mol. The van der Waals surface area contributed by atoms with Crippen LogP contribution in [0.2, 0.25) is 0 Å². The zero-order valence-corrected chi connectivity index (χ0v) is 14.1. The zero-order valence-electron chi connectivity index (χ0n) is 12.5. The molecule has 3 rings (SSSR count). The molecule has 1 heterocycles. The van der Waals surface area contributed by atoms with Crippen molar-refractivity contribution in [3.8, 4) is 11.5 Å². The van der Waals surface area contributed by atoms with E-state index in [0.717, 1.165) is 17.7 Å². The third-order valence-corrected chi connectivity index (χ3v) is 5.34. The average molecular weight is 347 g/mol. The van der Waals surface area contributed by atoms with E-state index in [-0.39, 0.29) is 11.2 Å². The highest BCUT2D eigenvalue weighted by Gasteiger charge is 2.48. The smallest absolute Gasteiger partial charge is 0.137 e. The minimum Gasteiger partial charge on any atom is -0.507 e. The summed E-state index contributed by atoms with van der Waals surface area (Å²) in [6, 6.07) is 13.8. The molecule has 3 heteroatoms. The molecule has 0 aromatic heterocycles. The highest BCUT2D eigenvalue weighted by atomic mass is 79.9. The number of hydrogen-bond donors (Lipinski definition) is 1. The maximum atomic E-state index is 9.73. The third kappa shape index (κ3) is 2.24. The van der Waals surface area contributed by atoms with E-state index in [1.165, 1.54) is 5.56 Å². The molecular weight excluding hydrogens is 328 g/mol. The number of benzene rings is 2. The van der Waals surface area contributed by atoms with Gasteiger partial charge in [0.25, 0.3) is 0 Å². The lowest BCUT2D eigenvalue weighted by Crippen LogP contribution is -2.48. The van der Waals surface area contributed by atoms with Gasteiger partial charge in [-0.05, 0) is 58.6 Å². The molecule has 2 aromatic carbocycles. The Morgan fingerprint density at radius 2 is 1.81 bits per heavy atom. The van der Waals surface area contributed by atoms with Gasteiger partial charge in [-0.2, -0.15) is 0 Å². The van der Waals surface area contributed by atoms with Gasteiger partial charge in [-0.15, -0.1) is 0 Å². The first-order valence-electron chi connectivity index (χ1n) is 7.09. The van der Waals surface area contributed by atoms with Crippen molar-refractivity contribution < 1.29 is 9.84 Å². The van der Waals surface area contributed by atoms with Gasteiger partial charge in [0, 0.05) is 5.41 Å². The molecule has 0 saturated carbocycles. The van der Waals surface area contributed by atoms with Crippen molar-refractivity contribution in [2.75, 3.05) is 0 Å².